The van der Waals surface area contributed by atoms with E-state index in [0.717, 1.165) is 49.4 Å². The van der Waals surface area contributed by atoms with Crippen LogP contribution in [0.1, 0.15) is 12.7 Å². The van der Waals surface area contributed by atoms with Gasteiger partial charge >= 0.3 is 0 Å². The highest BCUT2D eigenvalue weighted by atomic mass is 16.3. The van der Waals surface area contributed by atoms with Gasteiger partial charge in [-0.25, -0.2) is 15.0 Å². The average Bonchev–Trinajstić information content (AvgIpc) is 3.56. The minimum atomic E-state index is -0.149. The van der Waals surface area contributed by atoms with Crippen molar-refractivity contribution in [3.63, 3.8) is 0 Å². The van der Waals surface area contributed by atoms with Crippen LogP contribution in [0.3, 0.4) is 0 Å². The Balaban J connectivity index is 1.22. The second-order valence-electron chi connectivity index (χ2n) is 13.4. The Morgan fingerprint density at radius 3 is 2.28 bits per heavy atom. The van der Waals surface area contributed by atoms with Crippen LogP contribution in [0.5, 0.6) is 0 Å². The number of nitrogens with zero attached hydrogens (tertiary/aromatic N) is 3. The summed E-state index contributed by atoms with van der Waals surface area (Å²) in [6.45, 7) is 2.32. The molecule has 2 atom stereocenters. The molecule has 0 radical (unpaired) electrons. The maximum absolute atomic E-state index is 6.29. The monoisotopic (exact) mass is 641 g/mol. The number of allylic oxidation sites excluding steroid dienone is 12. The summed E-state index contributed by atoms with van der Waals surface area (Å²) in [5, 5.41) is 4.34. The zero-order chi connectivity index (χ0) is 33.2. The number of hydrogen-bond acceptors (Lipinski definition) is 4. The molecule has 2 aromatic heterocycles. The van der Waals surface area contributed by atoms with E-state index in [0.29, 0.717) is 17.5 Å². The van der Waals surface area contributed by atoms with E-state index >= 15 is 0 Å². The van der Waals surface area contributed by atoms with Crippen LogP contribution in [0, 0.1) is 11.3 Å². The van der Waals surface area contributed by atoms with Gasteiger partial charge in [0.25, 0.3) is 0 Å². The van der Waals surface area contributed by atoms with Gasteiger partial charge in [0.2, 0.25) is 0 Å². The summed E-state index contributed by atoms with van der Waals surface area (Å²) in [6, 6.07) is 37.9. The lowest BCUT2D eigenvalue weighted by molar-refractivity contribution is 0.421. The van der Waals surface area contributed by atoms with Gasteiger partial charge < -0.3 is 4.42 Å². The minimum Gasteiger partial charge on any atom is -0.456 e. The molecule has 0 N–H and O–H groups in total. The van der Waals surface area contributed by atoms with Crippen LogP contribution in [0.15, 0.2) is 179 Å². The van der Waals surface area contributed by atoms with Gasteiger partial charge in [-0.15, -0.1) is 0 Å². The van der Waals surface area contributed by atoms with Crippen molar-refractivity contribution in [2.24, 2.45) is 11.3 Å². The predicted molar refractivity (Wildman–Crippen MR) is 204 cm³/mol. The molecule has 2 heterocycles. The van der Waals surface area contributed by atoms with E-state index in [4.69, 9.17) is 19.4 Å². The summed E-state index contributed by atoms with van der Waals surface area (Å²) in [6.07, 6.45) is 19.9. The number of furan rings is 1. The summed E-state index contributed by atoms with van der Waals surface area (Å²) < 4.78 is 6.29. The maximum atomic E-state index is 6.29. The van der Waals surface area contributed by atoms with E-state index in [2.05, 4.69) is 134 Å². The third kappa shape index (κ3) is 4.49. The van der Waals surface area contributed by atoms with Gasteiger partial charge in [-0.3, -0.25) is 0 Å². The molecule has 7 aromatic rings. The Kier molecular flexibility index (Phi) is 6.34. The predicted octanol–water partition coefficient (Wildman–Crippen LogP) is 11.5. The molecule has 3 aliphatic rings. The lowest BCUT2D eigenvalue weighted by atomic mass is 9.62. The molecule has 0 spiro atoms. The van der Waals surface area contributed by atoms with E-state index in [-0.39, 0.29) is 11.3 Å². The van der Waals surface area contributed by atoms with Crippen molar-refractivity contribution < 1.29 is 4.42 Å². The molecule has 0 aliphatic heterocycles. The molecule has 0 bridgehead atoms. The molecule has 50 heavy (non-hydrogen) atoms. The number of rotatable bonds is 4. The Hall–Kier alpha value is -6.39. The van der Waals surface area contributed by atoms with Crippen molar-refractivity contribution in [2.45, 2.75) is 6.92 Å². The quantitative estimate of drug-likeness (QED) is 0.192. The lowest BCUT2D eigenvalue weighted by Gasteiger charge is -2.41. The highest BCUT2D eigenvalue weighted by Crippen LogP contribution is 2.51. The molecular formula is C46H31N3O. The molecule has 3 aliphatic carbocycles. The van der Waals surface area contributed by atoms with Crippen LogP contribution in [-0.4, -0.2) is 15.0 Å². The summed E-state index contributed by atoms with van der Waals surface area (Å²) >= 11 is 0. The summed E-state index contributed by atoms with van der Waals surface area (Å²) in [7, 11) is 0. The van der Waals surface area contributed by atoms with Gasteiger partial charge in [-0.1, -0.05) is 140 Å². The fourth-order valence-electron chi connectivity index (χ4n) is 7.83. The summed E-state index contributed by atoms with van der Waals surface area (Å²) in [5.41, 5.74) is 9.18. The second kappa shape index (κ2) is 11.1. The van der Waals surface area contributed by atoms with Gasteiger partial charge in [0.05, 0.1) is 0 Å². The first-order valence-corrected chi connectivity index (χ1v) is 17.1. The fourth-order valence-corrected chi connectivity index (χ4v) is 7.83. The number of benzene rings is 5. The van der Waals surface area contributed by atoms with Crippen molar-refractivity contribution in [1.29, 1.82) is 0 Å². The third-order valence-electron chi connectivity index (χ3n) is 10.5. The minimum absolute atomic E-state index is 0.149. The van der Waals surface area contributed by atoms with Gasteiger partial charge in [0, 0.05) is 38.8 Å². The molecule has 0 amide bonds. The van der Waals surface area contributed by atoms with Gasteiger partial charge in [0.15, 0.2) is 17.5 Å². The summed E-state index contributed by atoms with van der Waals surface area (Å²) in [5.74, 6) is 2.06. The Labute approximate surface area is 289 Å². The van der Waals surface area contributed by atoms with E-state index < -0.39 is 0 Å². The highest BCUT2D eigenvalue weighted by molar-refractivity contribution is 6.11. The number of fused-ring (bicyclic) bond motifs is 7. The van der Waals surface area contributed by atoms with Crippen LogP contribution >= 0.6 is 0 Å². The van der Waals surface area contributed by atoms with E-state index in [1.165, 1.54) is 22.3 Å². The molecular weight excluding hydrogens is 611 g/mol. The van der Waals surface area contributed by atoms with Crippen LogP contribution in [0.4, 0.5) is 0 Å². The van der Waals surface area contributed by atoms with Gasteiger partial charge in [0.1, 0.15) is 11.2 Å². The molecule has 2 unspecified atom stereocenters. The first kappa shape index (κ1) is 28.6. The molecule has 0 saturated carbocycles. The van der Waals surface area contributed by atoms with Gasteiger partial charge in [-0.2, -0.15) is 0 Å². The third-order valence-corrected chi connectivity index (χ3v) is 10.5. The molecule has 0 saturated heterocycles. The summed E-state index contributed by atoms with van der Waals surface area (Å²) in [4.78, 5) is 15.8. The average molecular weight is 642 g/mol. The molecule has 4 nitrogen and oxygen atoms in total. The lowest BCUT2D eigenvalue weighted by Crippen LogP contribution is -2.32. The SMILES string of the molecule is CC12C=CC=CC1=CC(c1nc(-c3ccc4ccc(-c5ccccc5)cc4c3)nc(-c3cccc4oc5ccccc5c34)n1)=C1C=CC=CC12. The normalized spacial score (nSPS) is 19.3. The topological polar surface area (TPSA) is 51.8 Å². The van der Waals surface area contributed by atoms with Crippen molar-refractivity contribution in [2.75, 3.05) is 0 Å². The number of hydrogen-bond donors (Lipinski definition) is 0. The molecule has 0 fully saturated rings. The van der Waals surface area contributed by atoms with Crippen molar-refractivity contribution in [3.8, 4) is 33.9 Å². The van der Waals surface area contributed by atoms with E-state index in [9.17, 15) is 0 Å². The highest BCUT2D eigenvalue weighted by Gasteiger charge is 2.40. The van der Waals surface area contributed by atoms with E-state index in [1.54, 1.807) is 0 Å². The Morgan fingerprint density at radius 2 is 1.36 bits per heavy atom. The smallest absolute Gasteiger partial charge is 0.164 e. The first-order chi connectivity index (χ1) is 24.6. The van der Waals surface area contributed by atoms with Gasteiger partial charge in [-0.05, 0) is 63.4 Å². The number of aromatic nitrogens is 3. The second-order valence-corrected chi connectivity index (χ2v) is 13.4. The Bertz CT molecular complexity index is 2720. The van der Waals surface area contributed by atoms with Crippen molar-refractivity contribution in [1.82, 2.24) is 15.0 Å². The molecule has 5 aromatic carbocycles. The van der Waals surface area contributed by atoms with Crippen molar-refractivity contribution >= 4 is 38.3 Å². The largest absolute Gasteiger partial charge is 0.456 e. The fraction of sp³-hybridized carbons (Fsp3) is 0.0652. The zero-order valence-electron chi connectivity index (χ0n) is 27.4. The molecule has 236 valence electrons. The maximum Gasteiger partial charge on any atom is 0.164 e. The standard InChI is InChI=1S/C46H31N3O/c1-46-25-10-9-14-34(46)28-38(35-15-5-7-18-39(35)46)45-48-43(32-24-22-30-21-23-31(26-33(30)27-32)29-12-3-2-4-13-29)47-44(49-45)37-17-11-20-41-42(37)36-16-6-8-19-40(36)50-41/h2-28,39H,1H3. The van der Waals surface area contributed by atoms with Crippen LogP contribution in [0.25, 0.3) is 72.2 Å². The van der Waals surface area contributed by atoms with Crippen LogP contribution in [0.2, 0.25) is 0 Å². The molecule has 10 rings (SSSR count). The molecule has 4 heteroatoms. The van der Waals surface area contributed by atoms with Crippen molar-refractivity contribution in [3.05, 3.63) is 181 Å². The van der Waals surface area contributed by atoms with Crippen LogP contribution in [-0.2, 0) is 0 Å². The van der Waals surface area contributed by atoms with E-state index in [1.807, 2.05) is 36.4 Å². The first-order valence-electron chi connectivity index (χ1n) is 17.1. The Morgan fingerprint density at radius 1 is 0.600 bits per heavy atom. The number of para-hydroxylation sites is 1. The zero-order valence-corrected chi connectivity index (χ0v) is 27.4. The van der Waals surface area contributed by atoms with Crippen LogP contribution < -0.4 is 0 Å².